The van der Waals surface area contributed by atoms with Crippen molar-refractivity contribution in [3.63, 3.8) is 0 Å². The van der Waals surface area contributed by atoms with E-state index < -0.39 is 0 Å². The molecule has 2 aromatic rings. The minimum atomic E-state index is -0.233. The standard InChI is InChI=1S/C22H26F2N2/c1-22(2)14-26(12-11-25(22)3)20-13-18(15-7-9-16(23)10-8-15)17-5-4-6-19(24)21(17)20/h4-10,18,20H,11-14H2,1-3H3/t18-,20+/m0/s1. The highest BCUT2D eigenvalue weighted by Crippen LogP contribution is 2.48. The molecule has 1 fully saturated rings. The predicted molar refractivity (Wildman–Crippen MR) is 100 cm³/mol. The lowest BCUT2D eigenvalue weighted by atomic mass is 9.93. The number of likely N-dealkylation sites (N-methyl/N-ethyl adjacent to an activating group) is 1. The van der Waals surface area contributed by atoms with Crippen LogP contribution in [-0.4, -0.2) is 42.0 Å². The zero-order chi connectivity index (χ0) is 18.5. The second-order valence-electron chi connectivity index (χ2n) is 8.30. The lowest BCUT2D eigenvalue weighted by Gasteiger charge is -2.47. The molecule has 1 saturated heterocycles. The third-order valence-corrected chi connectivity index (χ3v) is 6.31. The molecule has 0 unspecified atom stereocenters. The normalized spacial score (nSPS) is 26.0. The van der Waals surface area contributed by atoms with Gasteiger partial charge in [-0.2, -0.15) is 0 Å². The molecule has 1 aliphatic carbocycles. The van der Waals surface area contributed by atoms with Crippen molar-refractivity contribution in [3.8, 4) is 0 Å². The van der Waals surface area contributed by atoms with Gasteiger partial charge in [0, 0.05) is 42.7 Å². The predicted octanol–water partition coefficient (Wildman–Crippen LogP) is 4.57. The molecular formula is C22H26F2N2. The number of piperazine rings is 1. The maximum Gasteiger partial charge on any atom is 0.128 e. The van der Waals surface area contributed by atoms with Gasteiger partial charge in [0.05, 0.1) is 0 Å². The van der Waals surface area contributed by atoms with E-state index in [0.717, 1.165) is 42.7 Å². The average molecular weight is 356 g/mol. The molecule has 2 nitrogen and oxygen atoms in total. The molecule has 4 heteroatoms. The highest BCUT2D eigenvalue weighted by Gasteiger charge is 2.41. The summed E-state index contributed by atoms with van der Waals surface area (Å²) in [6.07, 6.45) is 0.849. The summed E-state index contributed by atoms with van der Waals surface area (Å²) < 4.78 is 28.2. The molecule has 0 radical (unpaired) electrons. The van der Waals surface area contributed by atoms with Gasteiger partial charge in [-0.3, -0.25) is 9.80 Å². The van der Waals surface area contributed by atoms with E-state index in [2.05, 4.69) is 30.7 Å². The number of hydrogen-bond donors (Lipinski definition) is 0. The summed E-state index contributed by atoms with van der Waals surface area (Å²) in [6, 6.07) is 12.2. The van der Waals surface area contributed by atoms with Crippen molar-refractivity contribution in [2.45, 2.75) is 37.8 Å². The molecule has 2 aromatic carbocycles. The van der Waals surface area contributed by atoms with Crippen LogP contribution in [0.15, 0.2) is 42.5 Å². The molecule has 2 aliphatic rings. The van der Waals surface area contributed by atoms with Crippen molar-refractivity contribution in [1.82, 2.24) is 9.80 Å². The van der Waals surface area contributed by atoms with Crippen LogP contribution in [0.3, 0.4) is 0 Å². The number of benzene rings is 2. The quantitative estimate of drug-likeness (QED) is 0.778. The molecule has 0 spiro atoms. The van der Waals surface area contributed by atoms with Gasteiger partial charge in [-0.15, -0.1) is 0 Å². The van der Waals surface area contributed by atoms with E-state index in [-0.39, 0.29) is 29.1 Å². The largest absolute Gasteiger partial charge is 0.299 e. The average Bonchev–Trinajstić information content (AvgIpc) is 2.99. The Morgan fingerprint density at radius 1 is 1.00 bits per heavy atom. The van der Waals surface area contributed by atoms with Crippen molar-refractivity contribution < 1.29 is 8.78 Å². The molecule has 0 bridgehead atoms. The van der Waals surface area contributed by atoms with Crippen molar-refractivity contribution in [3.05, 3.63) is 70.8 Å². The number of halogens is 2. The maximum atomic E-state index is 14.8. The van der Waals surface area contributed by atoms with Gasteiger partial charge in [0.1, 0.15) is 11.6 Å². The number of rotatable bonds is 2. The first-order chi connectivity index (χ1) is 12.4. The van der Waals surface area contributed by atoms with Crippen molar-refractivity contribution in [2.75, 3.05) is 26.7 Å². The van der Waals surface area contributed by atoms with Gasteiger partial charge in [-0.05, 0) is 56.6 Å². The topological polar surface area (TPSA) is 6.48 Å². The van der Waals surface area contributed by atoms with Crippen molar-refractivity contribution >= 4 is 0 Å². The summed E-state index contributed by atoms with van der Waals surface area (Å²) in [4.78, 5) is 4.81. The van der Waals surface area contributed by atoms with Gasteiger partial charge >= 0.3 is 0 Å². The summed E-state index contributed by atoms with van der Waals surface area (Å²) >= 11 is 0. The first-order valence-corrected chi connectivity index (χ1v) is 9.36. The van der Waals surface area contributed by atoms with Crippen LogP contribution in [0.4, 0.5) is 8.78 Å². The van der Waals surface area contributed by atoms with E-state index in [1.54, 1.807) is 12.1 Å². The van der Waals surface area contributed by atoms with Crippen LogP contribution in [0.5, 0.6) is 0 Å². The van der Waals surface area contributed by atoms with Crippen LogP contribution >= 0.6 is 0 Å². The van der Waals surface area contributed by atoms with E-state index in [4.69, 9.17) is 0 Å². The molecule has 2 atom stereocenters. The molecule has 0 amide bonds. The first kappa shape index (κ1) is 17.6. The van der Waals surface area contributed by atoms with Gasteiger partial charge in [-0.25, -0.2) is 8.78 Å². The summed E-state index contributed by atoms with van der Waals surface area (Å²) in [5.41, 5.74) is 3.02. The van der Waals surface area contributed by atoms with Crippen LogP contribution in [0.2, 0.25) is 0 Å². The molecule has 26 heavy (non-hydrogen) atoms. The third-order valence-electron chi connectivity index (χ3n) is 6.31. The van der Waals surface area contributed by atoms with Crippen LogP contribution in [0.25, 0.3) is 0 Å². The van der Waals surface area contributed by atoms with Gasteiger partial charge in [-0.1, -0.05) is 24.3 Å². The van der Waals surface area contributed by atoms with E-state index in [9.17, 15) is 8.78 Å². The van der Waals surface area contributed by atoms with Crippen LogP contribution < -0.4 is 0 Å². The fraction of sp³-hybridized carbons (Fsp3) is 0.455. The van der Waals surface area contributed by atoms with Gasteiger partial charge in [0.2, 0.25) is 0 Å². The lowest BCUT2D eigenvalue weighted by Crippen LogP contribution is -2.58. The molecular weight excluding hydrogens is 330 g/mol. The fourth-order valence-corrected chi connectivity index (χ4v) is 4.56. The Kier molecular flexibility index (Phi) is 4.36. The van der Waals surface area contributed by atoms with E-state index in [1.165, 1.54) is 12.1 Å². The zero-order valence-electron chi connectivity index (χ0n) is 15.7. The Hall–Kier alpha value is -1.78. The third kappa shape index (κ3) is 2.95. The minimum absolute atomic E-state index is 0.0671. The van der Waals surface area contributed by atoms with Crippen LogP contribution in [0, 0.1) is 11.6 Å². The van der Waals surface area contributed by atoms with Crippen LogP contribution in [0.1, 0.15) is 48.9 Å². The Bertz CT molecular complexity index is 800. The summed E-state index contributed by atoms with van der Waals surface area (Å²) in [7, 11) is 2.15. The number of nitrogens with zero attached hydrogens (tertiary/aromatic N) is 2. The molecule has 1 aliphatic heterocycles. The first-order valence-electron chi connectivity index (χ1n) is 9.36. The molecule has 0 aromatic heterocycles. The highest BCUT2D eigenvalue weighted by molar-refractivity contribution is 5.45. The second kappa shape index (κ2) is 6.43. The van der Waals surface area contributed by atoms with Crippen molar-refractivity contribution in [1.29, 1.82) is 0 Å². The van der Waals surface area contributed by atoms with E-state index in [0.29, 0.717) is 0 Å². The van der Waals surface area contributed by atoms with E-state index >= 15 is 0 Å². The lowest BCUT2D eigenvalue weighted by molar-refractivity contribution is 0.0152. The monoisotopic (exact) mass is 356 g/mol. The molecule has 4 rings (SSSR count). The van der Waals surface area contributed by atoms with Gasteiger partial charge in [0.25, 0.3) is 0 Å². The Morgan fingerprint density at radius 3 is 2.42 bits per heavy atom. The fourth-order valence-electron chi connectivity index (χ4n) is 4.56. The maximum absolute atomic E-state index is 14.8. The molecule has 0 N–H and O–H groups in total. The smallest absolute Gasteiger partial charge is 0.128 e. The molecule has 1 heterocycles. The van der Waals surface area contributed by atoms with Gasteiger partial charge in [0.15, 0.2) is 0 Å². The Labute approximate surface area is 154 Å². The summed E-state index contributed by atoms with van der Waals surface area (Å²) in [5, 5.41) is 0. The molecule has 0 saturated carbocycles. The van der Waals surface area contributed by atoms with Crippen molar-refractivity contribution in [2.24, 2.45) is 0 Å². The Balaban J connectivity index is 1.71. The Morgan fingerprint density at radius 2 is 1.73 bits per heavy atom. The highest BCUT2D eigenvalue weighted by atomic mass is 19.1. The summed E-state index contributed by atoms with van der Waals surface area (Å²) in [6.45, 7) is 7.32. The number of fused-ring (bicyclic) bond motifs is 1. The number of hydrogen-bond acceptors (Lipinski definition) is 2. The van der Waals surface area contributed by atoms with Gasteiger partial charge < -0.3 is 0 Å². The molecule has 138 valence electrons. The zero-order valence-corrected chi connectivity index (χ0v) is 15.7. The minimum Gasteiger partial charge on any atom is -0.299 e. The SMILES string of the molecule is CN1CCN([C@@H]2C[C@@H](c3ccc(F)cc3)c3cccc(F)c32)CC1(C)C. The second-order valence-corrected chi connectivity index (χ2v) is 8.30. The summed E-state index contributed by atoms with van der Waals surface area (Å²) in [5.74, 6) is -0.230. The van der Waals surface area contributed by atoms with E-state index in [1.807, 2.05) is 18.2 Å². The van der Waals surface area contributed by atoms with Crippen LogP contribution in [-0.2, 0) is 0 Å².